The molecule has 0 radical (unpaired) electrons. The number of benzene rings is 1. The SMILES string of the molecule is OCC=Cc1c(I)c(C(O)C(O)CO)c(I)c(C(O)C(O)CO)c1I. The molecule has 0 heterocycles. The van der Waals surface area contributed by atoms with Gasteiger partial charge in [0.1, 0.15) is 24.4 Å². The molecule has 1 rings (SSSR count). The van der Waals surface area contributed by atoms with Gasteiger partial charge < -0.3 is 35.7 Å². The van der Waals surface area contributed by atoms with E-state index in [-0.39, 0.29) is 6.61 Å². The summed E-state index contributed by atoms with van der Waals surface area (Å²) in [7, 11) is 0. The maximum Gasteiger partial charge on any atom is 0.109 e. The number of aliphatic hydroxyl groups is 7. The molecule has 25 heavy (non-hydrogen) atoms. The number of hydrogen-bond acceptors (Lipinski definition) is 7. The van der Waals surface area contributed by atoms with E-state index in [9.17, 15) is 20.4 Å². The zero-order valence-corrected chi connectivity index (χ0v) is 19.3. The predicted octanol–water partition coefficient (Wildman–Crippen LogP) is 0.279. The molecular formula is C15H19I3O7. The molecule has 0 amide bonds. The third kappa shape index (κ3) is 5.45. The van der Waals surface area contributed by atoms with Crippen LogP contribution in [0, 0.1) is 10.7 Å². The van der Waals surface area contributed by atoms with E-state index in [4.69, 9.17) is 15.3 Å². The Kier molecular flexibility index (Phi) is 10.5. The van der Waals surface area contributed by atoms with E-state index in [1.54, 1.807) is 6.08 Å². The van der Waals surface area contributed by atoms with Gasteiger partial charge in [0.2, 0.25) is 0 Å². The van der Waals surface area contributed by atoms with Gasteiger partial charge in [-0.25, -0.2) is 0 Å². The number of hydrogen-bond donors (Lipinski definition) is 7. The van der Waals surface area contributed by atoms with Gasteiger partial charge in [-0.2, -0.15) is 0 Å². The van der Waals surface area contributed by atoms with Crippen LogP contribution in [0.4, 0.5) is 0 Å². The average molecular weight is 692 g/mol. The van der Waals surface area contributed by atoms with Crippen molar-refractivity contribution >= 4 is 73.8 Å². The number of rotatable bonds is 8. The molecular weight excluding hydrogens is 673 g/mol. The van der Waals surface area contributed by atoms with Gasteiger partial charge in [0, 0.05) is 27.4 Å². The molecule has 0 saturated heterocycles. The molecule has 4 unspecified atom stereocenters. The second kappa shape index (κ2) is 11.0. The quantitative estimate of drug-likeness (QED) is 0.194. The van der Waals surface area contributed by atoms with Crippen LogP contribution in [0.25, 0.3) is 6.08 Å². The summed E-state index contributed by atoms with van der Waals surface area (Å²) in [6.07, 6.45) is -2.61. The third-order valence-electron chi connectivity index (χ3n) is 3.50. The van der Waals surface area contributed by atoms with Crippen molar-refractivity contribution in [3.8, 4) is 0 Å². The molecule has 10 heteroatoms. The van der Waals surface area contributed by atoms with Crippen molar-refractivity contribution in [3.05, 3.63) is 33.5 Å². The monoisotopic (exact) mass is 692 g/mol. The molecule has 0 saturated carbocycles. The van der Waals surface area contributed by atoms with Gasteiger partial charge in [0.25, 0.3) is 0 Å². The molecule has 0 aliphatic carbocycles. The molecule has 0 aliphatic rings. The first-order chi connectivity index (χ1) is 11.7. The van der Waals surface area contributed by atoms with Crippen LogP contribution < -0.4 is 0 Å². The lowest BCUT2D eigenvalue weighted by Gasteiger charge is -2.26. The molecule has 1 aromatic carbocycles. The van der Waals surface area contributed by atoms with Crippen molar-refractivity contribution in [1.82, 2.24) is 0 Å². The summed E-state index contributed by atoms with van der Waals surface area (Å²) < 4.78 is 1.56. The average Bonchev–Trinajstić information content (AvgIpc) is 2.59. The maximum atomic E-state index is 10.4. The highest BCUT2D eigenvalue weighted by Crippen LogP contribution is 2.40. The van der Waals surface area contributed by atoms with E-state index < -0.39 is 37.6 Å². The fourth-order valence-corrected chi connectivity index (χ4v) is 6.95. The fraction of sp³-hybridized carbons (Fsp3) is 0.467. The lowest BCUT2D eigenvalue weighted by Crippen LogP contribution is -2.28. The van der Waals surface area contributed by atoms with Gasteiger partial charge in [0.05, 0.1) is 19.8 Å². The van der Waals surface area contributed by atoms with Gasteiger partial charge in [-0.05, 0) is 67.8 Å². The maximum absolute atomic E-state index is 10.4. The summed E-state index contributed by atoms with van der Waals surface area (Å²) in [4.78, 5) is 0. The molecule has 4 atom stereocenters. The summed E-state index contributed by atoms with van der Waals surface area (Å²) in [5.41, 5.74) is 1.16. The van der Waals surface area contributed by atoms with Crippen molar-refractivity contribution < 1.29 is 35.7 Å². The molecule has 0 fully saturated rings. The normalized spacial score (nSPS) is 16.9. The highest BCUT2D eigenvalue weighted by atomic mass is 127. The van der Waals surface area contributed by atoms with Crippen LogP contribution in [0.5, 0.6) is 0 Å². The second-order valence-electron chi connectivity index (χ2n) is 5.16. The van der Waals surface area contributed by atoms with Crippen molar-refractivity contribution in [2.24, 2.45) is 0 Å². The van der Waals surface area contributed by atoms with Crippen LogP contribution in [0.2, 0.25) is 0 Å². The van der Waals surface area contributed by atoms with Gasteiger partial charge in [-0.15, -0.1) is 0 Å². The van der Waals surface area contributed by atoms with Crippen LogP contribution in [0.1, 0.15) is 28.9 Å². The van der Waals surface area contributed by atoms with Crippen molar-refractivity contribution in [2.75, 3.05) is 19.8 Å². The topological polar surface area (TPSA) is 142 Å². The summed E-state index contributed by atoms with van der Waals surface area (Å²) in [5, 5.41) is 67.8. The van der Waals surface area contributed by atoms with Gasteiger partial charge in [-0.1, -0.05) is 12.2 Å². The smallest absolute Gasteiger partial charge is 0.109 e. The van der Waals surface area contributed by atoms with Crippen LogP contribution in [-0.2, 0) is 0 Å². The van der Waals surface area contributed by atoms with E-state index >= 15 is 0 Å². The first-order valence-electron chi connectivity index (χ1n) is 7.14. The summed E-state index contributed by atoms with van der Waals surface area (Å²) in [6.45, 7) is -1.52. The van der Waals surface area contributed by atoms with E-state index in [0.29, 0.717) is 27.4 Å². The predicted molar refractivity (Wildman–Crippen MR) is 117 cm³/mol. The number of aliphatic hydroxyl groups excluding tert-OH is 7. The molecule has 1 aromatic rings. The summed E-state index contributed by atoms with van der Waals surface area (Å²) >= 11 is 5.84. The highest BCUT2D eigenvalue weighted by molar-refractivity contribution is 14.1. The highest BCUT2D eigenvalue weighted by Gasteiger charge is 2.31. The Morgan fingerprint density at radius 1 is 0.720 bits per heavy atom. The summed E-state index contributed by atoms with van der Waals surface area (Å²) in [6, 6.07) is 0. The number of halogens is 3. The zero-order valence-electron chi connectivity index (χ0n) is 12.8. The Labute approximate surface area is 185 Å². The van der Waals surface area contributed by atoms with Crippen LogP contribution in [0.15, 0.2) is 6.08 Å². The van der Waals surface area contributed by atoms with Crippen LogP contribution in [-0.4, -0.2) is 67.8 Å². The standard InChI is InChI=1S/C15H19I3O7/c16-11-6(2-1-3-19)12(17)10(15(25)8(23)5-21)13(18)9(11)14(24)7(22)4-20/h1-2,7-8,14-15,19-25H,3-5H2. The summed E-state index contributed by atoms with van der Waals surface area (Å²) in [5.74, 6) is 0. The lowest BCUT2D eigenvalue weighted by molar-refractivity contribution is -0.0198. The first-order valence-corrected chi connectivity index (χ1v) is 10.4. The molecule has 0 bridgehead atoms. The van der Waals surface area contributed by atoms with Gasteiger partial charge >= 0.3 is 0 Å². The van der Waals surface area contributed by atoms with Crippen LogP contribution >= 0.6 is 67.8 Å². The van der Waals surface area contributed by atoms with E-state index in [0.717, 1.165) is 0 Å². The Hall–Kier alpha value is 0.870. The minimum atomic E-state index is -1.43. The first kappa shape index (κ1) is 23.9. The minimum Gasteiger partial charge on any atom is -0.394 e. The molecule has 0 aliphatic heterocycles. The molecule has 7 nitrogen and oxygen atoms in total. The Bertz CT molecular complexity index is 581. The Morgan fingerprint density at radius 3 is 1.44 bits per heavy atom. The van der Waals surface area contributed by atoms with Gasteiger partial charge in [0.15, 0.2) is 0 Å². The van der Waals surface area contributed by atoms with Crippen molar-refractivity contribution in [1.29, 1.82) is 0 Å². The van der Waals surface area contributed by atoms with Crippen molar-refractivity contribution in [2.45, 2.75) is 24.4 Å². The largest absolute Gasteiger partial charge is 0.394 e. The van der Waals surface area contributed by atoms with Crippen LogP contribution in [0.3, 0.4) is 0 Å². The van der Waals surface area contributed by atoms with Crippen molar-refractivity contribution in [3.63, 3.8) is 0 Å². The third-order valence-corrected chi connectivity index (χ3v) is 6.99. The van der Waals surface area contributed by atoms with Gasteiger partial charge in [-0.3, -0.25) is 0 Å². The van der Waals surface area contributed by atoms with E-state index in [1.807, 2.05) is 67.8 Å². The zero-order chi connectivity index (χ0) is 19.3. The molecule has 7 N–H and O–H groups in total. The lowest BCUT2D eigenvalue weighted by atomic mass is 9.94. The minimum absolute atomic E-state index is 0.216. The Morgan fingerprint density at radius 2 is 1.12 bits per heavy atom. The van der Waals surface area contributed by atoms with E-state index in [2.05, 4.69) is 0 Å². The molecule has 0 spiro atoms. The van der Waals surface area contributed by atoms with E-state index in [1.165, 1.54) is 6.08 Å². The second-order valence-corrected chi connectivity index (χ2v) is 8.39. The molecule has 142 valence electrons. The Balaban J connectivity index is 3.74. The fourth-order valence-electron chi connectivity index (χ4n) is 2.15. The molecule has 0 aromatic heterocycles.